The van der Waals surface area contributed by atoms with Crippen LogP contribution in [0.5, 0.6) is 0 Å². The molecule has 1 aliphatic carbocycles. The van der Waals surface area contributed by atoms with Gasteiger partial charge in [0.1, 0.15) is 7.85 Å². The first-order valence-electron chi connectivity index (χ1n) is 7.92. The minimum Gasteiger partial charge on any atom is -0.378 e. The summed E-state index contributed by atoms with van der Waals surface area (Å²) >= 11 is 0. The fourth-order valence-corrected chi connectivity index (χ4v) is 5.26. The lowest BCUT2D eigenvalue weighted by atomic mass is 9.83. The summed E-state index contributed by atoms with van der Waals surface area (Å²) in [6, 6.07) is 0. The van der Waals surface area contributed by atoms with Crippen LogP contribution < -0.4 is 0 Å². The van der Waals surface area contributed by atoms with Crippen LogP contribution in [0.2, 0.25) is 5.82 Å². The van der Waals surface area contributed by atoms with Crippen molar-refractivity contribution < 1.29 is 37.2 Å². The fraction of sp³-hybridized carbons (Fsp3) is 1.00. The third-order valence-electron chi connectivity index (χ3n) is 4.01. The van der Waals surface area contributed by atoms with Crippen molar-refractivity contribution in [2.75, 3.05) is 20.4 Å². The summed E-state index contributed by atoms with van der Waals surface area (Å²) in [7, 11) is -3.26. The van der Waals surface area contributed by atoms with Gasteiger partial charge < -0.3 is 19.0 Å². The highest BCUT2D eigenvalue weighted by molar-refractivity contribution is 7.52. The Hall–Kier alpha value is 0.285. The number of phosphoric ester groups is 1. The first-order chi connectivity index (χ1) is 10.8. The van der Waals surface area contributed by atoms with Crippen LogP contribution in [0.25, 0.3) is 0 Å². The molecule has 0 radical (unpaired) electrons. The van der Waals surface area contributed by atoms with Crippen LogP contribution in [-0.4, -0.2) is 55.8 Å². The maximum Gasteiger partial charge on any atom is 0.473 e. The summed E-state index contributed by atoms with van der Waals surface area (Å²) in [5.74, 6) is -0.120. The predicted molar refractivity (Wildman–Crippen MR) is 93.1 cm³/mol. The molecule has 0 aromatic carbocycles. The lowest BCUT2D eigenvalue weighted by Crippen LogP contribution is -2.32. The Morgan fingerprint density at radius 3 is 2.21 bits per heavy atom. The highest BCUT2D eigenvalue weighted by Gasteiger charge is 2.46. The van der Waals surface area contributed by atoms with E-state index in [0.717, 1.165) is 0 Å². The molecule has 0 aromatic rings. The molecule has 0 bridgehead atoms. The Morgan fingerprint density at radius 1 is 1.17 bits per heavy atom. The van der Waals surface area contributed by atoms with Crippen LogP contribution in [0, 0.1) is 5.92 Å². The van der Waals surface area contributed by atoms with E-state index in [4.69, 9.17) is 13.8 Å². The van der Waals surface area contributed by atoms with Crippen molar-refractivity contribution in [1.29, 1.82) is 0 Å². The molecule has 1 fully saturated rings. The van der Waals surface area contributed by atoms with E-state index in [1.807, 2.05) is 7.85 Å². The molecule has 8 nitrogen and oxygen atoms in total. The number of hydrogen-bond acceptors (Lipinski definition) is 6. The molecule has 0 saturated heterocycles. The molecule has 1 rings (SSSR count). The summed E-state index contributed by atoms with van der Waals surface area (Å²) in [6.07, 6.45) is -0.0228. The number of phosphoric acid groups is 1. The summed E-state index contributed by atoms with van der Waals surface area (Å²) in [5.41, 5.74) is -0.823. The van der Waals surface area contributed by atoms with E-state index >= 15 is 0 Å². The number of hydrogen-bond donors (Lipinski definition) is 2. The zero-order valence-corrected chi connectivity index (χ0v) is 17.0. The highest BCUT2D eigenvalue weighted by Crippen LogP contribution is 2.54. The van der Waals surface area contributed by atoms with Gasteiger partial charge in [-0.2, -0.15) is 0 Å². The quantitative estimate of drug-likeness (QED) is 0.481. The van der Waals surface area contributed by atoms with Gasteiger partial charge in [0, 0.05) is 14.2 Å². The van der Waals surface area contributed by atoms with Crippen molar-refractivity contribution in [3.05, 3.63) is 0 Å². The van der Waals surface area contributed by atoms with Gasteiger partial charge in [-0.1, -0.05) is 0 Å². The first kappa shape index (κ1) is 22.3. The summed E-state index contributed by atoms with van der Waals surface area (Å²) < 4.78 is 44.4. The largest absolute Gasteiger partial charge is 0.473 e. The van der Waals surface area contributed by atoms with Crippen molar-refractivity contribution in [1.82, 2.24) is 0 Å². The molecule has 2 N–H and O–H groups in total. The molecule has 0 aromatic heterocycles. The second-order valence-corrected chi connectivity index (χ2v) is 10.7. The van der Waals surface area contributed by atoms with E-state index in [1.54, 1.807) is 20.8 Å². The van der Waals surface area contributed by atoms with Gasteiger partial charge in [0.05, 0.1) is 24.0 Å². The van der Waals surface area contributed by atoms with Gasteiger partial charge in [-0.05, 0) is 45.3 Å². The minimum atomic E-state index is -4.24. The van der Waals surface area contributed by atoms with Gasteiger partial charge in [-0.25, -0.2) is 4.57 Å². The van der Waals surface area contributed by atoms with Crippen LogP contribution in [0.15, 0.2) is 0 Å². The van der Waals surface area contributed by atoms with Crippen LogP contribution in [0.3, 0.4) is 0 Å². The van der Waals surface area contributed by atoms with Gasteiger partial charge in [-0.3, -0.25) is 13.6 Å². The normalized spacial score (nSPS) is 33.1. The number of methoxy groups -OCH3 is 1. The van der Waals surface area contributed by atoms with Gasteiger partial charge in [0.25, 0.3) is 0 Å². The van der Waals surface area contributed by atoms with E-state index in [9.17, 15) is 18.9 Å². The Morgan fingerprint density at radius 2 is 1.75 bits per heavy atom. The van der Waals surface area contributed by atoms with Crippen molar-refractivity contribution in [2.45, 2.75) is 57.2 Å². The molecule has 3 unspecified atom stereocenters. The third-order valence-corrected chi connectivity index (χ3v) is 6.69. The number of rotatable bonds is 8. The molecule has 1 saturated carbocycles. The SMILES string of the molecule is BC1C[C@H](CCP(=O)(O)OC)[C@@H](OC)[C@H]1OP(=O)(O)OC(C)(C)C. The maximum absolute atomic E-state index is 12.2. The van der Waals surface area contributed by atoms with Crippen molar-refractivity contribution in [3.63, 3.8) is 0 Å². The van der Waals surface area contributed by atoms with Gasteiger partial charge >= 0.3 is 15.4 Å². The monoisotopic (exact) mass is 386 g/mol. The molecular weight excluding hydrogens is 357 g/mol. The molecule has 0 spiro atoms. The Labute approximate surface area is 144 Å². The van der Waals surface area contributed by atoms with E-state index < -0.39 is 33.2 Å². The topological polar surface area (TPSA) is 112 Å². The first-order valence-corrected chi connectivity index (χ1v) is 11.2. The molecule has 6 atom stereocenters. The fourth-order valence-electron chi connectivity index (χ4n) is 3.05. The van der Waals surface area contributed by atoms with Gasteiger partial charge in [0.15, 0.2) is 0 Å². The second kappa shape index (κ2) is 8.32. The third kappa shape index (κ3) is 6.89. The minimum absolute atomic E-state index is 0.00272. The van der Waals surface area contributed by atoms with Crippen LogP contribution >= 0.6 is 15.4 Å². The molecule has 1 aliphatic rings. The van der Waals surface area contributed by atoms with Crippen LogP contribution in [0.1, 0.15) is 33.6 Å². The molecule has 0 aliphatic heterocycles. The molecule has 24 heavy (non-hydrogen) atoms. The number of ether oxygens (including phenoxy) is 1. The molecule has 0 heterocycles. The maximum atomic E-state index is 12.2. The molecule has 11 heteroatoms. The molecular formula is C13H29BO8P2. The standard InChI is InChI=1S/C13H29BO8P2/c1-13(2,3)22-24(17,18)21-12-10(14)8-9(11(12)19-4)6-7-23(15,16)20-5/h9-12H,6-8,14H2,1-5H3,(H,15,16)(H,17,18)/t9-,10?,11+,12-/m0/s1. The van der Waals surface area contributed by atoms with E-state index in [-0.39, 0.29) is 17.9 Å². The average molecular weight is 386 g/mol. The lowest BCUT2D eigenvalue weighted by molar-refractivity contribution is -0.0280. The van der Waals surface area contributed by atoms with E-state index in [0.29, 0.717) is 12.8 Å². The lowest BCUT2D eigenvalue weighted by Gasteiger charge is -2.29. The Balaban J connectivity index is 2.78. The van der Waals surface area contributed by atoms with Crippen molar-refractivity contribution in [2.24, 2.45) is 5.92 Å². The summed E-state index contributed by atoms with van der Waals surface area (Å²) in [4.78, 5) is 19.5. The Bertz CT molecular complexity index is 509. The summed E-state index contributed by atoms with van der Waals surface area (Å²) in [6.45, 7) is 4.99. The van der Waals surface area contributed by atoms with Gasteiger partial charge in [0.2, 0.25) is 0 Å². The summed E-state index contributed by atoms with van der Waals surface area (Å²) in [5, 5.41) is 0. The predicted octanol–water partition coefficient (Wildman–Crippen LogP) is 1.97. The smallest absolute Gasteiger partial charge is 0.378 e. The van der Waals surface area contributed by atoms with E-state index in [2.05, 4.69) is 4.52 Å². The highest BCUT2D eigenvalue weighted by atomic mass is 31.2. The zero-order valence-electron chi connectivity index (χ0n) is 15.2. The van der Waals surface area contributed by atoms with Crippen molar-refractivity contribution >= 4 is 23.3 Å². The Kier molecular flexibility index (Phi) is 7.74. The molecule has 142 valence electrons. The second-order valence-electron chi connectivity index (χ2n) is 7.25. The zero-order chi connectivity index (χ0) is 18.8. The van der Waals surface area contributed by atoms with Crippen molar-refractivity contribution in [3.8, 4) is 0 Å². The van der Waals surface area contributed by atoms with Gasteiger partial charge in [-0.15, -0.1) is 0 Å². The average Bonchev–Trinajstić information content (AvgIpc) is 2.69. The van der Waals surface area contributed by atoms with Crippen LogP contribution in [-0.2, 0) is 27.4 Å². The van der Waals surface area contributed by atoms with E-state index in [1.165, 1.54) is 14.2 Å². The molecule has 0 amide bonds. The van der Waals surface area contributed by atoms with Crippen LogP contribution in [0.4, 0.5) is 0 Å².